The van der Waals surface area contributed by atoms with Crippen molar-refractivity contribution in [2.75, 3.05) is 38.9 Å². The second-order valence-corrected chi connectivity index (χ2v) is 8.02. The van der Waals surface area contributed by atoms with Crippen molar-refractivity contribution in [3.63, 3.8) is 0 Å². The topological polar surface area (TPSA) is 65.3 Å². The summed E-state index contributed by atoms with van der Waals surface area (Å²) < 4.78 is 12.6. The van der Waals surface area contributed by atoms with Crippen molar-refractivity contribution in [3.05, 3.63) is 39.5 Å². The Bertz CT molecular complexity index is 1040. The quantitative estimate of drug-likeness (QED) is 0.549. The zero-order valence-electron chi connectivity index (χ0n) is 16.7. The van der Waals surface area contributed by atoms with Gasteiger partial charge in [0.05, 0.1) is 28.9 Å². The van der Waals surface area contributed by atoms with Crippen LogP contribution >= 0.6 is 23.2 Å². The second-order valence-electron chi connectivity index (χ2n) is 7.18. The Kier molecular flexibility index (Phi) is 5.92. The summed E-state index contributed by atoms with van der Waals surface area (Å²) in [5, 5.41) is 10.2. The average molecular weight is 436 g/mol. The van der Waals surface area contributed by atoms with Gasteiger partial charge < -0.3 is 14.4 Å². The molecule has 0 amide bonds. The molecule has 4 rings (SSSR count). The summed E-state index contributed by atoms with van der Waals surface area (Å²) in [5.74, 6) is 0.761. The fourth-order valence-electron chi connectivity index (χ4n) is 3.89. The van der Waals surface area contributed by atoms with Crippen LogP contribution in [0.25, 0.3) is 11.0 Å². The minimum absolute atomic E-state index is 0.0212. The molecule has 2 aromatic heterocycles. The van der Waals surface area contributed by atoms with E-state index in [9.17, 15) is 0 Å². The van der Waals surface area contributed by atoms with Crippen molar-refractivity contribution in [3.8, 4) is 0 Å². The molecule has 1 aliphatic rings. The third-order valence-corrected chi connectivity index (χ3v) is 5.67. The lowest BCUT2D eigenvalue weighted by Gasteiger charge is -2.21. The van der Waals surface area contributed by atoms with E-state index in [0.29, 0.717) is 23.3 Å². The summed E-state index contributed by atoms with van der Waals surface area (Å²) in [6, 6.07) is 5.76. The van der Waals surface area contributed by atoms with Crippen molar-refractivity contribution in [2.24, 2.45) is 0 Å². The molecular weight excluding hydrogens is 413 g/mol. The van der Waals surface area contributed by atoms with Gasteiger partial charge in [0.2, 0.25) is 0 Å². The number of rotatable bonds is 7. The largest absolute Gasteiger partial charge is 0.385 e. The molecule has 3 heterocycles. The molecular formula is C20H23Cl2N5O2. The lowest BCUT2D eigenvalue weighted by atomic mass is 10.2. The van der Waals surface area contributed by atoms with Gasteiger partial charge in [-0.25, -0.2) is 9.67 Å². The fraction of sp³-hybridized carbons (Fsp3) is 0.450. The number of pyridine rings is 1. The molecule has 0 N–H and O–H groups in total. The Labute approximate surface area is 179 Å². The highest BCUT2D eigenvalue weighted by atomic mass is 35.5. The predicted molar refractivity (Wildman–Crippen MR) is 115 cm³/mol. The van der Waals surface area contributed by atoms with Gasteiger partial charge in [0, 0.05) is 38.1 Å². The van der Waals surface area contributed by atoms with Crippen LogP contribution in [0, 0.1) is 6.92 Å². The van der Waals surface area contributed by atoms with Gasteiger partial charge in [0.1, 0.15) is 0 Å². The van der Waals surface area contributed by atoms with Gasteiger partial charge in [-0.1, -0.05) is 28.4 Å². The summed E-state index contributed by atoms with van der Waals surface area (Å²) in [6.07, 6.45) is 1.62. The van der Waals surface area contributed by atoms with E-state index in [1.54, 1.807) is 20.3 Å². The molecule has 0 bridgehead atoms. The van der Waals surface area contributed by atoms with Gasteiger partial charge in [-0.15, -0.1) is 5.10 Å². The molecule has 29 heavy (non-hydrogen) atoms. The summed E-state index contributed by atoms with van der Waals surface area (Å²) in [5.41, 5.74) is 4.61. The van der Waals surface area contributed by atoms with Crippen molar-refractivity contribution in [1.82, 2.24) is 20.0 Å². The van der Waals surface area contributed by atoms with Crippen LogP contribution in [0.2, 0.25) is 10.0 Å². The maximum absolute atomic E-state index is 6.54. The van der Waals surface area contributed by atoms with Crippen LogP contribution in [0.4, 0.5) is 11.5 Å². The number of fused-ring (bicyclic) bond motifs is 2. The predicted octanol–water partition coefficient (Wildman–Crippen LogP) is 4.36. The Balaban J connectivity index is 1.81. The molecule has 0 fully saturated rings. The van der Waals surface area contributed by atoms with Gasteiger partial charge in [0.15, 0.2) is 11.3 Å². The van der Waals surface area contributed by atoms with Crippen molar-refractivity contribution < 1.29 is 9.47 Å². The number of methoxy groups -OCH3 is 2. The average Bonchev–Trinajstić information content (AvgIpc) is 3.29. The molecule has 0 spiro atoms. The molecule has 9 heteroatoms. The molecule has 154 valence electrons. The third-order valence-electron chi connectivity index (χ3n) is 5.17. The highest BCUT2D eigenvalue weighted by molar-refractivity contribution is 6.37. The number of aryl methyl sites for hydroxylation is 1. The minimum atomic E-state index is 0.0212. The Morgan fingerprint density at radius 1 is 1.17 bits per heavy atom. The van der Waals surface area contributed by atoms with E-state index in [2.05, 4.69) is 15.2 Å². The molecule has 1 aromatic carbocycles. The van der Waals surface area contributed by atoms with Crippen molar-refractivity contribution in [1.29, 1.82) is 0 Å². The van der Waals surface area contributed by atoms with E-state index >= 15 is 0 Å². The molecule has 1 aliphatic heterocycles. The smallest absolute Gasteiger partial charge is 0.163 e. The van der Waals surface area contributed by atoms with Crippen LogP contribution in [0.1, 0.15) is 23.7 Å². The molecule has 7 nitrogen and oxygen atoms in total. The van der Waals surface area contributed by atoms with Crippen LogP contribution in [0.15, 0.2) is 18.2 Å². The number of aromatic nitrogens is 4. The van der Waals surface area contributed by atoms with Crippen LogP contribution in [-0.4, -0.2) is 54.0 Å². The zero-order valence-corrected chi connectivity index (χ0v) is 18.2. The third kappa shape index (κ3) is 3.80. The SMILES string of the molecule is COCCC(COC)n1nnc2c(N3CCc4cc(Cl)cc(Cl)c43)nc(C)cc21. The first-order valence-corrected chi connectivity index (χ1v) is 10.2. The summed E-state index contributed by atoms with van der Waals surface area (Å²) in [7, 11) is 3.38. The summed E-state index contributed by atoms with van der Waals surface area (Å²) in [6.45, 7) is 3.87. The Hall–Kier alpha value is -1.93. The standard InChI is InChI=1S/C20H23Cl2N5O2/c1-12-8-17-18(24-25-27(17)15(11-29-3)5-7-28-2)20(23-12)26-6-4-13-9-14(21)10-16(22)19(13)26/h8-10,15H,4-7,11H2,1-3H3. The first-order chi connectivity index (χ1) is 14.0. The number of hydrogen-bond acceptors (Lipinski definition) is 6. The normalized spacial score (nSPS) is 14.6. The molecule has 1 atom stereocenters. The molecule has 3 aromatic rings. The number of ether oxygens (including phenoxy) is 2. The number of benzene rings is 1. The second kappa shape index (κ2) is 8.44. The molecule has 0 radical (unpaired) electrons. The van der Waals surface area contributed by atoms with Gasteiger partial charge >= 0.3 is 0 Å². The number of halogens is 2. The van der Waals surface area contributed by atoms with Crippen LogP contribution < -0.4 is 4.90 Å². The fourth-order valence-corrected chi connectivity index (χ4v) is 4.53. The first-order valence-electron chi connectivity index (χ1n) is 9.49. The Morgan fingerprint density at radius 2 is 2.00 bits per heavy atom. The van der Waals surface area contributed by atoms with Gasteiger partial charge in [-0.2, -0.15) is 0 Å². The zero-order chi connectivity index (χ0) is 20.5. The van der Waals surface area contributed by atoms with Crippen molar-refractivity contribution >= 4 is 45.7 Å². The van der Waals surface area contributed by atoms with Crippen LogP contribution in [0.3, 0.4) is 0 Å². The highest BCUT2D eigenvalue weighted by Crippen LogP contribution is 2.42. The minimum Gasteiger partial charge on any atom is -0.385 e. The van der Waals surface area contributed by atoms with Gasteiger partial charge in [-0.05, 0) is 43.5 Å². The van der Waals surface area contributed by atoms with Gasteiger partial charge in [0.25, 0.3) is 0 Å². The van der Waals surface area contributed by atoms with E-state index < -0.39 is 0 Å². The summed E-state index contributed by atoms with van der Waals surface area (Å²) >= 11 is 12.7. The number of nitrogens with zero attached hydrogens (tertiary/aromatic N) is 5. The lowest BCUT2D eigenvalue weighted by molar-refractivity contribution is 0.117. The lowest BCUT2D eigenvalue weighted by Crippen LogP contribution is -2.19. The monoisotopic (exact) mass is 435 g/mol. The van der Waals surface area contributed by atoms with Crippen molar-refractivity contribution in [2.45, 2.75) is 25.8 Å². The van der Waals surface area contributed by atoms with E-state index in [-0.39, 0.29) is 6.04 Å². The van der Waals surface area contributed by atoms with E-state index in [1.165, 1.54) is 0 Å². The van der Waals surface area contributed by atoms with E-state index in [0.717, 1.165) is 53.2 Å². The van der Waals surface area contributed by atoms with E-state index in [4.69, 9.17) is 37.7 Å². The molecule has 0 aliphatic carbocycles. The molecule has 0 saturated carbocycles. The number of anilines is 2. The maximum atomic E-state index is 6.54. The van der Waals surface area contributed by atoms with Gasteiger partial charge in [-0.3, -0.25) is 0 Å². The molecule has 0 saturated heterocycles. The van der Waals surface area contributed by atoms with E-state index in [1.807, 2.05) is 23.7 Å². The highest BCUT2D eigenvalue weighted by Gasteiger charge is 2.28. The maximum Gasteiger partial charge on any atom is 0.163 e. The molecule has 1 unspecified atom stereocenters. The Morgan fingerprint density at radius 3 is 2.76 bits per heavy atom. The van der Waals surface area contributed by atoms with Crippen LogP contribution in [-0.2, 0) is 15.9 Å². The first kappa shape index (κ1) is 20.3. The summed E-state index contributed by atoms with van der Waals surface area (Å²) in [4.78, 5) is 6.90. The van der Waals surface area contributed by atoms with Crippen LogP contribution in [0.5, 0.6) is 0 Å². The number of hydrogen-bond donors (Lipinski definition) is 0.